The molecule has 24 heavy (non-hydrogen) atoms. The Labute approximate surface area is 137 Å². The van der Waals surface area contributed by atoms with Crippen LogP contribution in [-0.4, -0.2) is 18.3 Å². The summed E-state index contributed by atoms with van der Waals surface area (Å²) in [5.41, 5.74) is 6.80. The van der Waals surface area contributed by atoms with Gasteiger partial charge in [0, 0.05) is 6.07 Å². The molecule has 2 aromatic carbocycles. The average molecular weight is 327 g/mol. The molecule has 1 aliphatic rings. The van der Waals surface area contributed by atoms with Crippen LogP contribution in [0, 0.1) is 12.7 Å². The number of nitrogens with two attached hydrogens (primary N) is 1. The van der Waals surface area contributed by atoms with Gasteiger partial charge in [0.2, 0.25) is 5.78 Å². The van der Waals surface area contributed by atoms with Crippen LogP contribution >= 0.6 is 0 Å². The topological polar surface area (TPSA) is 78.6 Å². The number of halogens is 1. The van der Waals surface area contributed by atoms with E-state index in [1.54, 1.807) is 31.2 Å². The molecule has 6 heteroatoms. The van der Waals surface area contributed by atoms with E-state index in [0.29, 0.717) is 28.2 Å². The van der Waals surface area contributed by atoms with Crippen molar-refractivity contribution in [1.82, 2.24) is 0 Å². The van der Waals surface area contributed by atoms with Crippen LogP contribution in [0.3, 0.4) is 0 Å². The molecule has 0 aromatic heterocycles. The van der Waals surface area contributed by atoms with Crippen LogP contribution in [0.1, 0.15) is 21.5 Å². The van der Waals surface area contributed by atoms with Gasteiger partial charge in [0.25, 0.3) is 5.91 Å². The summed E-state index contributed by atoms with van der Waals surface area (Å²) in [7, 11) is 0. The van der Waals surface area contributed by atoms with Gasteiger partial charge < -0.3 is 15.2 Å². The molecule has 0 aliphatic carbocycles. The number of ether oxygens (including phenoxy) is 2. The van der Waals surface area contributed by atoms with Crippen LogP contribution in [-0.2, 0) is 4.79 Å². The van der Waals surface area contributed by atoms with Crippen LogP contribution in [0.5, 0.6) is 11.5 Å². The summed E-state index contributed by atoms with van der Waals surface area (Å²) in [5, 5.41) is 0. The van der Waals surface area contributed by atoms with Gasteiger partial charge in [0.1, 0.15) is 17.3 Å². The summed E-state index contributed by atoms with van der Waals surface area (Å²) < 4.78 is 23.8. The number of fused-ring (bicyclic) bond motifs is 1. The molecule has 1 aliphatic heterocycles. The third-order valence-corrected chi connectivity index (χ3v) is 3.49. The fraction of sp³-hybridized carbons (Fsp3) is 0.111. The predicted octanol–water partition coefficient (Wildman–Crippen LogP) is 2.61. The van der Waals surface area contributed by atoms with Crippen molar-refractivity contribution in [1.29, 1.82) is 0 Å². The Hall–Kier alpha value is -3.15. The van der Waals surface area contributed by atoms with Gasteiger partial charge in [-0.25, -0.2) is 4.39 Å². The van der Waals surface area contributed by atoms with E-state index in [4.69, 9.17) is 15.2 Å². The Balaban J connectivity index is 1.90. The molecule has 122 valence electrons. The molecule has 0 atom stereocenters. The first-order valence-electron chi connectivity index (χ1n) is 7.19. The first-order valence-corrected chi connectivity index (χ1v) is 7.19. The first kappa shape index (κ1) is 15.7. The Kier molecular flexibility index (Phi) is 4.04. The fourth-order valence-electron chi connectivity index (χ4n) is 2.43. The molecule has 0 spiro atoms. The van der Waals surface area contributed by atoms with Gasteiger partial charge in [0.05, 0.1) is 5.56 Å². The number of benzene rings is 2. The van der Waals surface area contributed by atoms with Crippen LogP contribution in [0.4, 0.5) is 4.39 Å². The van der Waals surface area contributed by atoms with Gasteiger partial charge in [-0.3, -0.25) is 9.59 Å². The van der Waals surface area contributed by atoms with Gasteiger partial charge in [0.15, 0.2) is 12.4 Å². The van der Waals surface area contributed by atoms with E-state index >= 15 is 0 Å². The minimum atomic E-state index is -0.595. The third-order valence-electron chi connectivity index (χ3n) is 3.49. The molecule has 3 rings (SSSR count). The lowest BCUT2D eigenvalue weighted by Gasteiger charge is -2.07. The zero-order valence-electron chi connectivity index (χ0n) is 12.8. The number of carbonyl (C=O) groups excluding carboxylic acids is 2. The van der Waals surface area contributed by atoms with Crippen molar-refractivity contribution < 1.29 is 23.5 Å². The summed E-state index contributed by atoms with van der Waals surface area (Å²) in [6, 6.07) is 8.89. The summed E-state index contributed by atoms with van der Waals surface area (Å²) in [5.74, 6) is -0.318. The first-order chi connectivity index (χ1) is 11.4. The van der Waals surface area contributed by atoms with Crippen molar-refractivity contribution in [3.05, 3.63) is 64.7 Å². The van der Waals surface area contributed by atoms with E-state index in [1.807, 2.05) is 0 Å². The second-order valence-corrected chi connectivity index (χ2v) is 5.36. The largest absolute Gasteiger partial charge is 0.484 e. The molecule has 0 bridgehead atoms. The van der Waals surface area contributed by atoms with Crippen molar-refractivity contribution >= 4 is 17.8 Å². The van der Waals surface area contributed by atoms with E-state index in [1.165, 1.54) is 18.2 Å². The molecule has 1 amide bonds. The van der Waals surface area contributed by atoms with E-state index in [9.17, 15) is 14.0 Å². The molecule has 0 fully saturated rings. The number of aryl methyl sites for hydroxylation is 1. The number of hydrogen-bond donors (Lipinski definition) is 1. The van der Waals surface area contributed by atoms with Crippen molar-refractivity contribution in [2.75, 3.05) is 6.61 Å². The van der Waals surface area contributed by atoms with E-state index in [2.05, 4.69) is 0 Å². The summed E-state index contributed by atoms with van der Waals surface area (Å²) in [6.45, 7) is 1.49. The zero-order valence-corrected chi connectivity index (χ0v) is 12.8. The number of allylic oxidation sites excluding steroid dienone is 1. The van der Waals surface area contributed by atoms with Gasteiger partial charge in [-0.1, -0.05) is 12.1 Å². The van der Waals surface area contributed by atoms with Gasteiger partial charge in [-0.05, 0) is 42.3 Å². The van der Waals surface area contributed by atoms with E-state index in [-0.39, 0.29) is 24.0 Å². The van der Waals surface area contributed by atoms with Crippen molar-refractivity contribution in [2.45, 2.75) is 6.92 Å². The fourth-order valence-corrected chi connectivity index (χ4v) is 2.43. The molecule has 0 radical (unpaired) electrons. The lowest BCUT2D eigenvalue weighted by molar-refractivity contribution is -0.119. The Bertz CT molecular complexity index is 856. The number of ketones is 1. The maximum atomic E-state index is 13.0. The lowest BCUT2D eigenvalue weighted by Crippen LogP contribution is -2.20. The van der Waals surface area contributed by atoms with Gasteiger partial charge >= 0.3 is 0 Å². The van der Waals surface area contributed by atoms with Crippen molar-refractivity contribution in [3.8, 4) is 11.5 Å². The number of Topliss-reactive ketones (excluding diaryl/α,β-unsaturated/α-hetero) is 1. The van der Waals surface area contributed by atoms with E-state index < -0.39 is 5.91 Å². The van der Waals surface area contributed by atoms with Crippen LogP contribution < -0.4 is 15.2 Å². The highest BCUT2D eigenvalue weighted by Gasteiger charge is 2.30. The number of rotatable bonds is 4. The average Bonchev–Trinajstić information content (AvgIpc) is 2.84. The molecular weight excluding hydrogens is 313 g/mol. The Morgan fingerprint density at radius 2 is 2.00 bits per heavy atom. The highest BCUT2D eigenvalue weighted by Crippen LogP contribution is 2.37. The van der Waals surface area contributed by atoms with Crippen molar-refractivity contribution in [3.63, 3.8) is 0 Å². The summed E-state index contributed by atoms with van der Waals surface area (Å²) in [4.78, 5) is 23.3. The predicted molar refractivity (Wildman–Crippen MR) is 85.2 cm³/mol. The monoisotopic (exact) mass is 327 g/mol. The minimum Gasteiger partial charge on any atom is -0.484 e. The molecule has 2 aromatic rings. The zero-order chi connectivity index (χ0) is 17.3. The number of carbonyl (C=O) groups is 2. The smallest absolute Gasteiger partial charge is 0.255 e. The van der Waals surface area contributed by atoms with Crippen molar-refractivity contribution in [2.24, 2.45) is 5.73 Å². The van der Waals surface area contributed by atoms with Crippen LogP contribution in [0.25, 0.3) is 6.08 Å². The maximum Gasteiger partial charge on any atom is 0.255 e. The third kappa shape index (κ3) is 3.12. The standard InChI is InChI=1S/C18H14FNO4/c1-10-6-13(23-9-16(20)21)8-14-17(10)18(22)15(24-14)7-11-2-4-12(19)5-3-11/h2-8H,9H2,1H3,(H2,20,21)/b15-7-. The van der Waals surface area contributed by atoms with Crippen LogP contribution in [0.15, 0.2) is 42.2 Å². The number of hydrogen-bond acceptors (Lipinski definition) is 4. The van der Waals surface area contributed by atoms with Crippen LogP contribution in [0.2, 0.25) is 0 Å². The number of amides is 1. The second kappa shape index (κ2) is 6.16. The highest BCUT2D eigenvalue weighted by molar-refractivity contribution is 6.15. The molecular formula is C18H14FNO4. The quantitative estimate of drug-likeness (QED) is 0.876. The van der Waals surface area contributed by atoms with E-state index in [0.717, 1.165) is 0 Å². The SMILES string of the molecule is Cc1cc(OCC(N)=O)cc2c1C(=O)/C(=C/c1ccc(F)cc1)O2. The maximum absolute atomic E-state index is 13.0. The molecule has 5 nitrogen and oxygen atoms in total. The Morgan fingerprint density at radius 1 is 1.29 bits per heavy atom. The molecule has 0 saturated carbocycles. The minimum absolute atomic E-state index is 0.145. The second-order valence-electron chi connectivity index (χ2n) is 5.36. The summed E-state index contributed by atoms with van der Waals surface area (Å²) >= 11 is 0. The molecule has 0 unspecified atom stereocenters. The lowest BCUT2D eigenvalue weighted by atomic mass is 10.0. The number of primary amides is 1. The normalized spacial score (nSPS) is 14.4. The Morgan fingerprint density at radius 3 is 2.67 bits per heavy atom. The van der Waals surface area contributed by atoms with Gasteiger partial charge in [-0.15, -0.1) is 0 Å². The molecule has 2 N–H and O–H groups in total. The molecule has 1 heterocycles. The highest BCUT2D eigenvalue weighted by atomic mass is 19.1. The van der Waals surface area contributed by atoms with Gasteiger partial charge in [-0.2, -0.15) is 0 Å². The summed E-state index contributed by atoms with van der Waals surface area (Å²) in [6.07, 6.45) is 1.55. The molecule has 0 saturated heterocycles.